The van der Waals surface area contributed by atoms with E-state index in [1.54, 1.807) is 11.3 Å². The zero-order chi connectivity index (χ0) is 13.5. The van der Waals surface area contributed by atoms with Gasteiger partial charge in [-0.2, -0.15) is 0 Å². The Morgan fingerprint density at radius 3 is 2.89 bits per heavy atom. The molecule has 2 heterocycles. The van der Waals surface area contributed by atoms with E-state index in [9.17, 15) is 4.79 Å². The van der Waals surface area contributed by atoms with Gasteiger partial charge in [-0.05, 0) is 31.1 Å². The number of nitrogens with zero attached hydrogens (tertiary/aromatic N) is 2. The van der Waals surface area contributed by atoms with Gasteiger partial charge in [-0.1, -0.05) is 13.8 Å². The van der Waals surface area contributed by atoms with Gasteiger partial charge < -0.3 is 0 Å². The van der Waals surface area contributed by atoms with Crippen LogP contribution in [0.4, 0.5) is 0 Å². The van der Waals surface area contributed by atoms with E-state index in [0.717, 1.165) is 23.5 Å². The first-order chi connectivity index (χ1) is 9.03. The third-order valence-corrected chi connectivity index (χ3v) is 5.06. The predicted octanol–water partition coefficient (Wildman–Crippen LogP) is 3.72. The minimum absolute atomic E-state index is 0.257. The second-order valence-corrected chi connectivity index (χ2v) is 7.28. The third kappa shape index (κ3) is 2.73. The maximum absolute atomic E-state index is 12.3. The van der Waals surface area contributed by atoms with Crippen LogP contribution >= 0.6 is 11.3 Å². The molecule has 2 aromatic rings. The van der Waals surface area contributed by atoms with Crippen LogP contribution in [0.2, 0.25) is 0 Å². The topological polar surface area (TPSA) is 34.4 Å². The van der Waals surface area contributed by atoms with E-state index < -0.39 is 0 Å². The number of carbonyl (C=O) groups excluding carboxylic acids is 1. The van der Waals surface area contributed by atoms with Gasteiger partial charge in [-0.25, -0.2) is 4.98 Å². The number of hydrogen-bond acceptors (Lipinski definition) is 3. The molecule has 0 aliphatic heterocycles. The van der Waals surface area contributed by atoms with E-state index in [1.165, 1.54) is 12.8 Å². The van der Waals surface area contributed by atoms with E-state index in [0.29, 0.717) is 17.6 Å². The summed E-state index contributed by atoms with van der Waals surface area (Å²) >= 11 is 1.61. The van der Waals surface area contributed by atoms with Crippen molar-refractivity contribution < 1.29 is 4.79 Å². The molecule has 1 fully saturated rings. The Kier molecular flexibility index (Phi) is 3.21. The minimum Gasteiger partial charge on any atom is -0.299 e. The molecule has 2 aromatic heterocycles. The fourth-order valence-corrected chi connectivity index (χ4v) is 3.62. The highest BCUT2D eigenvalue weighted by Gasteiger charge is 2.30. The van der Waals surface area contributed by atoms with Gasteiger partial charge in [0.1, 0.15) is 5.78 Å². The summed E-state index contributed by atoms with van der Waals surface area (Å²) in [5.41, 5.74) is 1.34. The maximum atomic E-state index is 12.3. The molecular weight excluding hydrogens is 256 g/mol. The van der Waals surface area contributed by atoms with Gasteiger partial charge in [-0.3, -0.25) is 9.20 Å². The van der Waals surface area contributed by atoms with Crippen LogP contribution < -0.4 is 0 Å². The standard InChI is InChI=1S/C15H20N2OS/c1-15(2)5-3-11(4-6-15)13(18)9-12-10-17-7-8-19-14(17)16-12/h7-8,10-11H,3-6,9H2,1-2H3. The average molecular weight is 276 g/mol. The second-order valence-electron chi connectivity index (χ2n) is 6.41. The molecule has 4 heteroatoms. The SMILES string of the molecule is CC1(C)CCC(C(=O)Cc2cn3ccsc3n2)CC1. The van der Waals surface area contributed by atoms with Crippen LogP contribution in [0.5, 0.6) is 0 Å². The van der Waals surface area contributed by atoms with Crippen molar-refractivity contribution in [3.8, 4) is 0 Å². The molecule has 0 saturated heterocycles. The van der Waals surface area contributed by atoms with Gasteiger partial charge in [-0.15, -0.1) is 11.3 Å². The van der Waals surface area contributed by atoms with E-state index in [2.05, 4.69) is 18.8 Å². The van der Waals surface area contributed by atoms with Gasteiger partial charge in [0.25, 0.3) is 0 Å². The summed E-state index contributed by atoms with van der Waals surface area (Å²) in [6.07, 6.45) is 8.91. The number of aromatic nitrogens is 2. The van der Waals surface area contributed by atoms with Crippen molar-refractivity contribution in [1.29, 1.82) is 0 Å². The lowest BCUT2D eigenvalue weighted by Crippen LogP contribution is -2.27. The van der Waals surface area contributed by atoms with Gasteiger partial charge >= 0.3 is 0 Å². The fourth-order valence-electron chi connectivity index (χ4n) is 2.91. The van der Waals surface area contributed by atoms with E-state index >= 15 is 0 Å². The number of ketones is 1. The van der Waals surface area contributed by atoms with Crippen LogP contribution in [0.1, 0.15) is 45.2 Å². The Morgan fingerprint density at radius 2 is 2.21 bits per heavy atom. The van der Waals surface area contributed by atoms with Crippen molar-refractivity contribution >= 4 is 22.1 Å². The highest BCUT2D eigenvalue weighted by molar-refractivity contribution is 7.15. The summed E-state index contributed by atoms with van der Waals surface area (Å²) in [7, 11) is 0. The van der Waals surface area contributed by atoms with Gasteiger partial charge in [0, 0.05) is 23.7 Å². The van der Waals surface area contributed by atoms with Crippen molar-refractivity contribution in [2.24, 2.45) is 11.3 Å². The Morgan fingerprint density at radius 1 is 1.47 bits per heavy atom. The molecule has 3 rings (SSSR count). The first-order valence-corrected chi connectivity index (χ1v) is 7.85. The van der Waals surface area contributed by atoms with Crippen LogP contribution in [0.3, 0.4) is 0 Å². The molecule has 0 N–H and O–H groups in total. The number of carbonyl (C=O) groups is 1. The fraction of sp³-hybridized carbons (Fsp3) is 0.600. The Labute approximate surface area is 117 Å². The van der Waals surface area contributed by atoms with Crippen LogP contribution in [0.25, 0.3) is 4.96 Å². The van der Waals surface area contributed by atoms with Crippen molar-refractivity contribution in [2.75, 3.05) is 0 Å². The van der Waals surface area contributed by atoms with Crippen LogP contribution in [0.15, 0.2) is 17.8 Å². The van der Waals surface area contributed by atoms with Gasteiger partial charge in [0.05, 0.1) is 12.1 Å². The summed E-state index contributed by atoms with van der Waals surface area (Å²) in [5.74, 6) is 0.633. The van der Waals surface area contributed by atoms with Crippen LogP contribution in [-0.4, -0.2) is 15.2 Å². The Hall–Kier alpha value is -1.16. The number of hydrogen-bond donors (Lipinski definition) is 0. The monoisotopic (exact) mass is 276 g/mol. The second kappa shape index (κ2) is 4.75. The highest BCUT2D eigenvalue weighted by atomic mass is 32.1. The molecular formula is C15H20N2OS. The third-order valence-electron chi connectivity index (χ3n) is 4.29. The minimum atomic E-state index is 0.257. The molecule has 102 valence electrons. The predicted molar refractivity (Wildman–Crippen MR) is 77.5 cm³/mol. The molecule has 1 aliphatic rings. The first kappa shape index (κ1) is 12.9. The smallest absolute Gasteiger partial charge is 0.193 e. The van der Waals surface area contributed by atoms with Gasteiger partial charge in [0.15, 0.2) is 4.96 Å². The summed E-state index contributed by atoms with van der Waals surface area (Å²) in [6.45, 7) is 4.61. The van der Waals surface area contributed by atoms with Gasteiger partial charge in [0.2, 0.25) is 0 Å². The lowest BCUT2D eigenvalue weighted by Gasteiger charge is -2.33. The summed E-state index contributed by atoms with van der Waals surface area (Å²) in [6, 6.07) is 0. The Bertz CT molecular complexity index is 558. The molecule has 0 radical (unpaired) electrons. The average Bonchev–Trinajstić information content (AvgIpc) is 2.89. The lowest BCUT2D eigenvalue weighted by atomic mass is 9.71. The zero-order valence-corrected chi connectivity index (χ0v) is 12.4. The number of imidazole rings is 1. The highest BCUT2D eigenvalue weighted by Crippen LogP contribution is 2.38. The normalized spacial score (nSPS) is 19.9. The van der Waals surface area contributed by atoms with Crippen molar-refractivity contribution in [1.82, 2.24) is 9.38 Å². The first-order valence-electron chi connectivity index (χ1n) is 6.97. The zero-order valence-electron chi connectivity index (χ0n) is 11.6. The number of fused-ring (bicyclic) bond motifs is 1. The molecule has 0 unspecified atom stereocenters. The summed E-state index contributed by atoms with van der Waals surface area (Å²) in [4.78, 5) is 17.8. The maximum Gasteiger partial charge on any atom is 0.193 e. The molecule has 0 atom stereocenters. The summed E-state index contributed by atoms with van der Waals surface area (Å²) in [5, 5.41) is 2.01. The number of rotatable bonds is 3. The largest absolute Gasteiger partial charge is 0.299 e. The number of thiazole rings is 1. The molecule has 0 amide bonds. The molecule has 0 aromatic carbocycles. The Balaban J connectivity index is 1.64. The van der Waals surface area contributed by atoms with E-state index in [-0.39, 0.29) is 5.92 Å². The molecule has 0 spiro atoms. The lowest BCUT2D eigenvalue weighted by molar-refractivity contribution is -0.123. The molecule has 3 nitrogen and oxygen atoms in total. The molecule has 19 heavy (non-hydrogen) atoms. The van der Waals surface area contributed by atoms with Crippen molar-refractivity contribution in [3.05, 3.63) is 23.5 Å². The summed E-state index contributed by atoms with van der Waals surface area (Å²) < 4.78 is 2.00. The van der Waals surface area contributed by atoms with Crippen LogP contribution in [0, 0.1) is 11.3 Å². The molecule has 1 saturated carbocycles. The quantitative estimate of drug-likeness (QED) is 0.856. The molecule has 0 bridgehead atoms. The van der Waals surface area contributed by atoms with Crippen LogP contribution in [-0.2, 0) is 11.2 Å². The molecule has 1 aliphatic carbocycles. The number of Topliss-reactive ketones (excluding diaryl/α,β-unsaturated/α-hetero) is 1. The van der Waals surface area contributed by atoms with E-state index in [4.69, 9.17) is 0 Å². The van der Waals surface area contributed by atoms with Crippen molar-refractivity contribution in [3.63, 3.8) is 0 Å². The van der Waals surface area contributed by atoms with E-state index in [1.807, 2.05) is 22.2 Å². The van der Waals surface area contributed by atoms with Crippen molar-refractivity contribution in [2.45, 2.75) is 46.0 Å².